The van der Waals surface area contributed by atoms with Crippen LogP contribution in [0.5, 0.6) is 0 Å². The Morgan fingerprint density at radius 1 is 0.739 bits per heavy atom. The van der Waals surface area contributed by atoms with Gasteiger partial charge in [-0.1, -0.05) is 35.3 Å². The molecule has 0 radical (unpaired) electrons. The van der Waals surface area contributed by atoms with Crippen molar-refractivity contribution >= 4 is 34.6 Å². The summed E-state index contributed by atoms with van der Waals surface area (Å²) in [6, 6.07) is 10.9. The summed E-state index contributed by atoms with van der Waals surface area (Å²) in [6.45, 7) is 0.390. The van der Waals surface area contributed by atoms with Crippen LogP contribution >= 0.6 is 23.2 Å². The summed E-state index contributed by atoms with van der Waals surface area (Å²) in [4.78, 5) is 0. The first-order valence-electron chi connectivity index (χ1n) is 7.27. The molecule has 0 aliphatic heterocycles. The highest BCUT2D eigenvalue weighted by molar-refractivity contribution is 6.32. The van der Waals surface area contributed by atoms with E-state index in [4.69, 9.17) is 44.9 Å². The van der Waals surface area contributed by atoms with E-state index in [1.165, 1.54) is 0 Å². The number of benzene rings is 2. The summed E-state index contributed by atoms with van der Waals surface area (Å²) < 4.78 is 0. The third kappa shape index (κ3) is 7.10. The fourth-order valence-corrected chi connectivity index (χ4v) is 2.35. The lowest BCUT2D eigenvalue weighted by Gasteiger charge is -2.08. The lowest BCUT2D eigenvalue weighted by Crippen LogP contribution is -1.94. The first-order valence-corrected chi connectivity index (χ1v) is 8.03. The molecule has 2 aromatic carbocycles. The monoisotopic (exact) mass is 356 g/mol. The molecule has 0 bridgehead atoms. The van der Waals surface area contributed by atoms with Gasteiger partial charge in [-0.15, -0.1) is 0 Å². The van der Waals surface area contributed by atoms with Crippen LogP contribution in [0.4, 0.5) is 11.4 Å². The molecule has 0 aromatic heterocycles. The van der Waals surface area contributed by atoms with Crippen LogP contribution in [-0.2, 0) is 6.42 Å². The molecule has 0 aliphatic rings. The van der Waals surface area contributed by atoms with Crippen LogP contribution in [-0.4, -0.2) is 23.4 Å². The van der Waals surface area contributed by atoms with E-state index in [-0.39, 0.29) is 13.2 Å². The smallest absolute Gasteiger partial charge is 0.0461 e. The van der Waals surface area contributed by atoms with Crippen molar-refractivity contribution in [1.29, 1.82) is 0 Å². The normalized spacial score (nSPS) is 10.1. The van der Waals surface area contributed by atoms with Crippen molar-refractivity contribution in [2.24, 2.45) is 0 Å². The molecule has 2 rings (SSSR count). The summed E-state index contributed by atoms with van der Waals surface area (Å²) in [5.41, 5.74) is 14.6. The van der Waals surface area contributed by atoms with E-state index in [2.05, 4.69) is 0 Å². The summed E-state index contributed by atoms with van der Waals surface area (Å²) in [6.07, 6.45) is 2.10. The molecule has 0 saturated carbocycles. The number of hydrogen-bond donors (Lipinski definition) is 4. The Bertz CT molecular complexity index is 568. The Kier molecular flexibility index (Phi) is 8.81. The Hall–Kier alpha value is -1.46. The van der Waals surface area contributed by atoms with E-state index in [0.29, 0.717) is 27.8 Å². The Labute approximate surface area is 146 Å². The van der Waals surface area contributed by atoms with Gasteiger partial charge in [0.25, 0.3) is 0 Å². The maximum atomic E-state index is 8.09. The van der Waals surface area contributed by atoms with Gasteiger partial charge in [-0.2, -0.15) is 0 Å². The minimum atomic E-state index is 0.195. The summed E-state index contributed by atoms with van der Waals surface area (Å²) in [5, 5.41) is 17.5. The SMILES string of the molecule is Nc1ccc(Cc2ccc(N)cc2Cl)c(Cl)c1.OCCCCO. The third-order valence-corrected chi connectivity index (χ3v) is 3.81. The highest BCUT2D eigenvalue weighted by Crippen LogP contribution is 2.26. The van der Waals surface area contributed by atoms with Crippen LogP contribution in [0.3, 0.4) is 0 Å². The van der Waals surface area contributed by atoms with Crippen molar-refractivity contribution < 1.29 is 10.2 Å². The molecule has 0 fully saturated rings. The molecule has 0 unspecified atom stereocenters. The van der Waals surface area contributed by atoms with Crippen LogP contribution in [0, 0.1) is 0 Å². The van der Waals surface area contributed by atoms with Gasteiger partial charge in [-0.05, 0) is 48.2 Å². The van der Waals surface area contributed by atoms with Gasteiger partial charge in [0.1, 0.15) is 0 Å². The molecule has 0 heterocycles. The van der Waals surface area contributed by atoms with Gasteiger partial charge in [0, 0.05) is 41.1 Å². The van der Waals surface area contributed by atoms with Gasteiger partial charge in [0.2, 0.25) is 0 Å². The predicted octanol–water partition coefficient (Wildman–Crippen LogP) is 3.50. The molecule has 0 spiro atoms. The number of aliphatic hydroxyl groups is 2. The van der Waals surface area contributed by atoms with E-state index in [1.54, 1.807) is 12.1 Å². The highest BCUT2D eigenvalue weighted by atomic mass is 35.5. The van der Waals surface area contributed by atoms with Crippen molar-refractivity contribution in [2.45, 2.75) is 19.3 Å². The number of nitrogens with two attached hydrogens (primary N) is 2. The first-order chi connectivity index (χ1) is 11.0. The highest BCUT2D eigenvalue weighted by Gasteiger charge is 2.06. The van der Waals surface area contributed by atoms with Crippen LogP contribution < -0.4 is 11.5 Å². The summed E-state index contributed by atoms with van der Waals surface area (Å²) >= 11 is 12.2. The van der Waals surface area contributed by atoms with Gasteiger partial charge in [-0.3, -0.25) is 0 Å². The van der Waals surface area contributed by atoms with Crippen molar-refractivity contribution in [3.8, 4) is 0 Å². The topological polar surface area (TPSA) is 92.5 Å². The molecule has 126 valence electrons. The molecule has 2 aromatic rings. The van der Waals surface area contributed by atoms with Crippen molar-refractivity contribution in [2.75, 3.05) is 24.7 Å². The number of hydrogen-bond acceptors (Lipinski definition) is 4. The molecule has 0 amide bonds. The second kappa shape index (κ2) is 10.3. The molecule has 0 atom stereocenters. The van der Waals surface area contributed by atoms with Crippen LogP contribution in [0.15, 0.2) is 36.4 Å². The average Bonchev–Trinajstić information content (AvgIpc) is 2.51. The molecule has 4 nitrogen and oxygen atoms in total. The second-order valence-corrected chi connectivity index (χ2v) is 5.85. The molecule has 0 saturated heterocycles. The number of nitrogen functional groups attached to an aromatic ring is 2. The summed E-state index contributed by atoms with van der Waals surface area (Å²) in [7, 11) is 0. The van der Waals surface area contributed by atoms with Crippen LogP contribution in [0.25, 0.3) is 0 Å². The average molecular weight is 357 g/mol. The van der Waals surface area contributed by atoms with E-state index < -0.39 is 0 Å². The van der Waals surface area contributed by atoms with Gasteiger partial charge in [0.05, 0.1) is 0 Å². The van der Waals surface area contributed by atoms with Gasteiger partial charge in [0.15, 0.2) is 0 Å². The predicted molar refractivity (Wildman–Crippen MR) is 97.9 cm³/mol. The molecular formula is C17H22Cl2N2O2. The zero-order valence-corrected chi connectivity index (χ0v) is 14.3. The largest absolute Gasteiger partial charge is 0.399 e. The Balaban J connectivity index is 0.000000379. The number of halogens is 2. The standard InChI is InChI=1S/C13H12Cl2N2.C4H10O2/c14-12-6-10(16)3-1-8(12)5-9-2-4-11(17)7-13(9)15;5-3-1-2-4-6/h1-4,6-7H,5,16-17H2;5-6H,1-4H2. The number of anilines is 2. The first kappa shape index (κ1) is 19.6. The molecular weight excluding hydrogens is 335 g/mol. The number of unbranched alkanes of at least 4 members (excludes halogenated alkanes) is 1. The lowest BCUT2D eigenvalue weighted by atomic mass is 10.0. The van der Waals surface area contributed by atoms with Crippen molar-refractivity contribution in [1.82, 2.24) is 0 Å². The number of rotatable bonds is 5. The second-order valence-electron chi connectivity index (χ2n) is 5.03. The van der Waals surface area contributed by atoms with Crippen molar-refractivity contribution in [3.63, 3.8) is 0 Å². The molecule has 23 heavy (non-hydrogen) atoms. The van der Waals surface area contributed by atoms with Gasteiger partial charge in [-0.25, -0.2) is 0 Å². The molecule has 6 heteroatoms. The molecule has 6 N–H and O–H groups in total. The fourth-order valence-electron chi connectivity index (χ4n) is 1.84. The summed E-state index contributed by atoms with van der Waals surface area (Å²) in [5.74, 6) is 0. The van der Waals surface area contributed by atoms with Crippen LogP contribution in [0.1, 0.15) is 24.0 Å². The zero-order valence-electron chi connectivity index (χ0n) is 12.8. The lowest BCUT2D eigenvalue weighted by molar-refractivity contribution is 0.242. The minimum absolute atomic E-state index is 0.195. The Morgan fingerprint density at radius 2 is 1.13 bits per heavy atom. The minimum Gasteiger partial charge on any atom is -0.399 e. The van der Waals surface area contributed by atoms with E-state index >= 15 is 0 Å². The maximum Gasteiger partial charge on any atom is 0.0461 e. The van der Waals surface area contributed by atoms with E-state index in [1.807, 2.05) is 24.3 Å². The number of aliphatic hydroxyl groups excluding tert-OH is 2. The van der Waals surface area contributed by atoms with Crippen molar-refractivity contribution in [3.05, 3.63) is 57.6 Å². The van der Waals surface area contributed by atoms with E-state index in [0.717, 1.165) is 24.0 Å². The van der Waals surface area contributed by atoms with E-state index in [9.17, 15) is 0 Å². The van der Waals surface area contributed by atoms with Crippen LogP contribution in [0.2, 0.25) is 10.0 Å². The van der Waals surface area contributed by atoms with Gasteiger partial charge >= 0.3 is 0 Å². The third-order valence-electron chi connectivity index (χ3n) is 3.10. The van der Waals surface area contributed by atoms with Gasteiger partial charge < -0.3 is 21.7 Å². The zero-order chi connectivity index (χ0) is 17.2. The maximum absolute atomic E-state index is 8.09. The molecule has 0 aliphatic carbocycles. The quantitative estimate of drug-likeness (QED) is 0.487. The Morgan fingerprint density at radius 3 is 1.43 bits per heavy atom. The fraction of sp³-hybridized carbons (Fsp3) is 0.294.